The monoisotopic (exact) mass is 277 g/mol. The summed E-state index contributed by atoms with van der Waals surface area (Å²) in [4.78, 5) is 0. The first-order chi connectivity index (χ1) is 9.26. The van der Waals surface area contributed by atoms with Crippen LogP contribution in [-0.2, 0) is 0 Å². The fourth-order valence-electron chi connectivity index (χ4n) is 1.27. The molecule has 0 amide bonds. The number of hydrogen-bond donors (Lipinski definition) is 2. The Morgan fingerprint density at radius 3 is 3.11 bits per heavy atom. The van der Waals surface area contributed by atoms with E-state index in [0.29, 0.717) is 18.3 Å². The summed E-state index contributed by atoms with van der Waals surface area (Å²) in [5.74, 6) is 0.846. The Hall–Kier alpha value is -1.88. The zero-order valence-electron chi connectivity index (χ0n) is 11.1. The summed E-state index contributed by atoms with van der Waals surface area (Å²) in [6.07, 6.45) is 4.41. The minimum Gasteiger partial charge on any atom is -0.494 e. The van der Waals surface area contributed by atoms with E-state index in [9.17, 15) is 0 Å². The number of ether oxygens (including phenoxy) is 1. The van der Waals surface area contributed by atoms with Gasteiger partial charge >= 0.3 is 0 Å². The lowest BCUT2D eigenvalue weighted by molar-refractivity contribution is 0.317. The van der Waals surface area contributed by atoms with Crippen LogP contribution in [0.2, 0.25) is 0 Å². The van der Waals surface area contributed by atoms with E-state index in [0.717, 1.165) is 17.7 Å². The van der Waals surface area contributed by atoms with Gasteiger partial charge in [-0.1, -0.05) is 25.1 Å². The molecule has 4 nitrogen and oxygen atoms in total. The fraction of sp³-hybridized carbons (Fsp3) is 0.286. The molecule has 5 heteroatoms. The molecule has 1 aromatic carbocycles. The molecule has 0 heterocycles. The Morgan fingerprint density at radius 1 is 1.53 bits per heavy atom. The van der Waals surface area contributed by atoms with Crippen molar-refractivity contribution in [2.24, 2.45) is 5.10 Å². The molecule has 1 aromatic rings. The van der Waals surface area contributed by atoms with Crippen LogP contribution >= 0.6 is 12.2 Å². The summed E-state index contributed by atoms with van der Waals surface area (Å²) in [7, 11) is 0. The maximum Gasteiger partial charge on any atom is 0.187 e. The van der Waals surface area contributed by atoms with Crippen LogP contribution in [0.1, 0.15) is 18.9 Å². The average Bonchev–Trinajstić information content (AvgIpc) is 2.43. The van der Waals surface area contributed by atoms with Crippen LogP contribution < -0.4 is 15.5 Å². The maximum absolute atomic E-state index is 5.55. The van der Waals surface area contributed by atoms with E-state index in [1.165, 1.54) is 0 Å². The summed E-state index contributed by atoms with van der Waals surface area (Å²) < 4.78 is 5.55. The van der Waals surface area contributed by atoms with Gasteiger partial charge in [0.05, 0.1) is 12.8 Å². The van der Waals surface area contributed by atoms with Crippen molar-refractivity contribution in [1.29, 1.82) is 0 Å². The zero-order valence-corrected chi connectivity index (χ0v) is 11.9. The van der Waals surface area contributed by atoms with Crippen molar-refractivity contribution in [1.82, 2.24) is 10.7 Å². The summed E-state index contributed by atoms with van der Waals surface area (Å²) in [6, 6.07) is 7.74. The highest BCUT2D eigenvalue weighted by atomic mass is 32.1. The van der Waals surface area contributed by atoms with Crippen molar-refractivity contribution in [2.75, 3.05) is 13.2 Å². The Bertz CT molecular complexity index is 446. The number of hydrogen-bond acceptors (Lipinski definition) is 3. The molecule has 0 aliphatic rings. The van der Waals surface area contributed by atoms with E-state index >= 15 is 0 Å². The highest BCUT2D eigenvalue weighted by Crippen LogP contribution is 2.12. The third-order valence-corrected chi connectivity index (χ3v) is 2.35. The largest absolute Gasteiger partial charge is 0.494 e. The van der Waals surface area contributed by atoms with Crippen LogP contribution in [-0.4, -0.2) is 24.5 Å². The number of thiocarbonyl (C=S) groups is 1. The van der Waals surface area contributed by atoms with Gasteiger partial charge in [0.25, 0.3) is 0 Å². The van der Waals surface area contributed by atoms with Crippen LogP contribution in [0.4, 0.5) is 0 Å². The number of rotatable bonds is 7. The van der Waals surface area contributed by atoms with Gasteiger partial charge in [-0.05, 0) is 36.3 Å². The Kier molecular flexibility index (Phi) is 7.27. The minimum atomic E-state index is 0.467. The van der Waals surface area contributed by atoms with Crippen molar-refractivity contribution in [3.8, 4) is 5.75 Å². The molecule has 0 spiro atoms. The van der Waals surface area contributed by atoms with Gasteiger partial charge in [-0.3, -0.25) is 5.43 Å². The van der Waals surface area contributed by atoms with Crippen LogP contribution in [0.3, 0.4) is 0 Å². The molecule has 0 atom stereocenters. The maximum atomic E-state index is 5.55. The predicted octanol–water partition coefficient (Wildman–Crippen LogP) is 2.46. The molecule has 0 unspecified atom stereocenters. The third kappa shape index (κ3) is 6.57. The molecule has 0 radical (unpaired) electrons. The van der Waals surface area contributed by atoms with Crippen molar-refractivity contribution in [3.63, 3.8) is 0 Å². The van der Waals surface area contributed by atoms with Gasteiger partial charge in [-0.25, -0.2) is 0 Å². The summed E-state index contributed by atoms with van der Waals surface area (Å²) in [5.41, 5.74) is 3.68. The number of nitrogens with one attached hydrogen (secondary N) is 2. The Balaban J connectivity index is 2.47. The highest BCUT2D eigenvalue weighted by molar-refractivity contribution is 7.80. The van der Waals surface area contributed by atoms with Crippen molar-refractivity contribution < 1.29 is 4.74 Å². The van der Waals surface area contributed by atoms with Gasteiger partial charge in [-0.2, -0.15) is 5.10 Å². The number of benzene rings is 1. The minimum absolute atomic E-state index is 0.467. The Morgan fingerprint density at radius 2 is 2.37 bits per heavy atom. The van der Waals surface area contributed by atoms with Crippen LogP contribution in [0, 0.1) is 0 Å². The molecule has 0 fully saturated rings. The molecule has 102 valence electrons. The SMILES string of the molecule is C=CCNC(=S)N/N=C/c1cccc(OCCC)c1. The first-order valence-electron chi connectivity index (χ1n) is 6.17. The van der Waals surface area contributed by atoms with Crippen molar-refractivity contribution >= 4 is 23.5 Å². The summed E-state index contributed by atoms with van der Waals surface area (Å²) in [5, 5.41) is 7.44. The van der Waals surface area contributed by atoms with Gasteiger partial charge in [0.15, 0.2) is 5.11 Å². The van der Waals surface area contributed by atoms with E-state index in [1.807, 2.05) is 24.3 Å². The van der Waals surface area contributed by atoms with E-state index in [2.05, 4.69) is 29.3 Å². The standard InChI is InChI=1S/C14H19N3OS/c1-3-8-15-14(19)17-16-11-12-6-5-7-13(10-12)18-9-4-2/h3,5-7,10-11H,1,4,8-9H2,2H3,(H2,15,17,19)/b16-11+. The topological polar surface area (TPSA) is 45.7 Å². The average molecular weight is 277 g/mol. The lowest BCUT2D eigenvalue weighted by Crippen LogP contribution is -2.31. The molecule has 19 heavy (non-hydrogen) atoms. The normalized spacial score (nSPS) is 10.2. The van der Waals surface area contributed by atoms with E-state index < -0.39 is 0 Å². The van der Waals surface area contributed by atoms with Crippen molar-refractivity contribution in [2.45, 2.75) is 13.3 Å². The third-order valence-electron chi connectivity index (χ3n) is 2.12. The molecule has 0 aliphatic heterocycles. The molecule has 2 N–H and O–H groups in total. The molecular weight excluding hydrogens is 258 g/mol. The first kappa shape index (κ1) is 15.2. The van der Waals surface area contributed by atoms with Crippen LogP contribution in [0.5, 0.6) is 5.75 Å². The second-order valence-corrected chi connectivity index (χ2v) is 4.20. The number of hydrazone groups is 1. The first-order valence-corrected chi connectivity index (χ1v) is 6.57. The van der Waals surface area contributed by atoms with E-state index in [4.69, 9.17) is 17.0 Å². The molecular formula is C14H19N3OS. The molecule has 0 aliphatic carbocycles. The fourth-order valence-corrected chi connectivity index (χ4v) is 1.41. The van der Waals surface area contributed by atoms with Gasteiger partial charge < -0.3 is 10.1 Å². The second-order valence-electron chi connectivity index (χ2n) is 3.79. The highest BCUT2D eigenvalue weighted by Gasteiger charge is 1.94. The van der Waals surface area contributed by atoms with Crippen LogP contribution in [0.25, 0.3) is 0 Å². The second kappa shape index (κ2) is 9.10. The van der Waals surface area contributed by atoms with Gasteiger partial charge in [0.2, 0.25) is 0 Å². The molecule has 0 saturated heterocycles. The smallest absolute Gasteiger partial charge is 0.187 e. The Labute approximate surface area is 119 Å². The van der Waals surface area contributed by atoms with Gasteiger partial charge in [-0.15, -0.1) is 6.58 Å². The molecule has 0 saturated carbocycles. The van der Waals surface area contributed by atoms with Crippen molar-refractivity contribution in [3.05, 3.63) is 42.5 Å². The summed E-state index contributed by atoms with van der Waals surface area (Å²) >= 11 is 5.01. The van der Waals surface area contributed by atoms with Crippen LogP contribution in [0.15, 0.2) is 42.0 Å². The lowest BCUT2D eigenvalue weighted by Gasteiger charge is -2.05. The predicted molar refractivity (Wildman–Crippen MR) is 83.8 cm³/mol. The summed E-state index contributed by atoms with van der Waals surface area (Å²) in [6.45, 7) is 7.00. The lowest BCUT2D eigenvalue weighted by atomic mass is 10.2. The molecule has 0 bridgehead atoms. The van der Waals surface area contributed by atoms with Gasteiger partial charge in [0.1, 0.15) is 5.75 Å². The quantitative estimate of drug-likeness (QED) is 0.348. The number of nitrogens with zero attached hydrogens (tertiary/aromatic N) is 1. The van der Waals surface area contributed by atoms with Gasteiger partial charge in [0, 0.05) is 6.54 Å². The van der Waals surface area contributed by atoms with E-state index in [1.54, 1.807) is 12.3 Å². The van der Waals surface area contributed by atoms with E-state index in [-0.39, 0.29) is 0 Å². The zero-order chi connectivity index (χ0) is 13.9. The molecule has 1 rings (SSSR count). The molecule has 0 aromatic heterocycles.